The van der Waals surface area contributed by atoms with Crippen molar-refractivity contribution in [3.63, 3.8) is 0 Å². The Bertz CT molecular complexity index is 884. The predicted octanol–water partition coefficient (Wildman–Crippen LogP) is 2.56. The van der Waals surface area contributed by atoms with E-state index in [1.807, 2.05) is 43.3 Å². The van der Waals surface area contributed by atoms with E-state index < -0.39 is 5.97 Å². The lowest BCUT2D eigenvalue weighted by molar-refractivity contribution is -0.152. The number of benzene rings is 2. The third-order valence-corrected chi connectivity index (χ3v) is 4.96. The van der Waals surface area contributed by atoms with Gasteiger partial charge in [-0.25, -0.2) is 0 Å². The SMILES string of the molecule is C[C@@H](c1ccccc1)N(C)C(=O)COC(=O)CCN1C(=O)COc2ccccc21. The fourth-order valence-corrected chi connectivity index (χ4v) is 3.09. The van der Waals surface area contributed by atoms with Crippen molar-refractivity contribution in [2.45, 2.75) is 19.4 Å². The molecule has 2 aromatic rings. The first-order valence-electron chi connectivity index (χ1n) is 9.46. The molecule has 29 heavy (non-hydrogen) atoms. The third-order valence-electron chi connectivity index (χ3n) is 4.96. The summed E-state index contributed by atoms with van der Waals surface area (Å²) in [7, 11) is 1.68. The van der Waals surface area contributed by atoms with Crippen molar-refractivity contribution in [3.8, 4) is 5.75 Å². The molecule has 0 saturated carbocycles. The van der Waals surface area contributed by atoms with Gasteiger partial charge in [-0.3, -0.25) is 14.4 Å². The van der Waals surface area contributed by atoms with E-state index in [9.17, 15) is 14.4 Å². The van der Waals surface area contributed by atoms with Crippen molar-refractivity contribution >= 4 is 23.5 Å². The number of amides is 2. The topological polar surface area (TPSA) is 76.2 Å². The van der Waals surface area contributed by atoms with Gasteiger partial charge in [-0.1, -0.05) is 42.5 Å². The van der Waals surface area contributed by atoms with Gasteiger partial charge >= 0.3 is 5.97 Å². The third kappa shape index (κ3) is 4.93. The monoisotopic (exact) mass is 396 g/mol. The number of para-hydroxylation sites is 2. The van der Waals surface area contributed by atoms with E-state index in [1.54, 1.807) is 30.1 Å². The van der Waals surface area contributed by atoms with Crippen LogP contribution in [-0.2, 0) is 19.1 Å². The highest BCUT2D eigenvalue weighted by molar-refractivity contribution is 5.98. The Hall–Kier alpha value is -3.35. The van der Waals surface area contributed by atoms with Crippen molar-refractivity contribution in [3.05, 3.63) is 60.2 Å². The average Bonchev–Trinajstić information content (AvgIpc) is 2.76. The number of carbonyl (C=O) groups is 3. The van der Waals surface area contributed by atoms with E-state index in [0.717, 1.165) is 5.56 Å². The highest BCUT2D eigenvalue weighted by atomic mass is 16.5. The second-order valence-corrected chi connectivity index (χ2v) is 6.80. The summed E-state index contributed by atoms with van der Waals surface area (Å²) < 4.78 is 10.5. The lowest BCUT2D eigenvalue weighted by atomic mass is 10.1. The second kappa shape index (κ2) is 9.23. The van der Waals surface area contributed by atoms with E-state index in [2.05, 4.69) is 0 Å². The molecule has 0 radical (unpaired) electrons. The highest BCUT2D eigenvalue weighted by Crippen LogP contribution is 2.31. The molecule has 0 unspecified atom stereocenters. The smallest absolute Gasteiger partial charge is 0.308 e. The van der Waals surface area contributed by atoms with Crippen molar-refractivity contribution in [1.29, 1.82) is 0 Å². The van der Waals surface area contributed by atoms with Crippen LogP contribution in [0, 0.1) is 0 Å². The first-order valence-corrected chi connectivity index (χ1v) is 9.46. The molecule has 0 aliphatic carbocycles. The van der Waals surface area contributed by atoms with Gasteiger partial charge < -0.3 is 19.3 Å². The number of nitrogens with zero attached hydrogens (tertiary/aromatic N) is 2. The number of anilines is 1. The van der Waals surface area contributed by atoms with Crippen molar-refractivity contribution in [2.24, 2.45) is 0 Å². The van der Waals surface area contributed by atoms with Gasteiger partial charge in [0.1, 0.15) is 5.75 Å². The summed E-state index contributed by atoms with van der Waals surface area (Å²) in [6, 6.07) is 16.6. The molecule has 1 heterocycles. The van der Waals surface area contributed by atoms with Gasteiger partial charge in [-0.15, -0.1) is 0 Å². The van der Waals surface area contributed by atoms with Gasteiger partial charge in [-0.2, -0.15) is 0 Å². The molecular weight excluding hydrogens is 372 g/mol. The van der Waals surface area contributed by atoms with Gasteiger partial charge in [0.05, 0.1) is 18.2 Å². The van der Waals surface area contributed by atoms with E-state index in [0.29, 0.717) is 11.4 Å². The van der Waals surface area contributed by atoms with Crippen LogP contribution < -0.4 is 9.64 Å². The zero-order valence-corrected chi connectivity index (χ0v) is 16.5. The summed E-state index contributed by atoms with van der Waals surface area (Å²) in [5, 5.41) is 0. The quantitative estimate of drug-likeness (QED) is 0.673. The van der Waals surface area contributed by atoms with Crippen LogP contribution >= 0.6 is 0 Å². The number of fused-ring (bicyclic) bond motifs is 1. The molecule has 0 bridgehead atoms. The molecule has 0 N–H and O–H groups in total. The van der Waals surface area contributed by atoms with E-state index in [-0.39, 0.29) is 44.0 Å². The Morgan fingerprint density at radius 1 is 1.14 bits per heavy atom. The van der Waals surface area contributed by atoms with Crippen LogP contribution in [0.4, 0.5) is 5.69 Å². The molecule has 1 aliphatic heterocycles. The number of esters is 1. The Morgan fingerprint density at radius 3 is 2.59 bits per heavy atom. The maximum Gasteiger partial charge on any atom is 0.308 e. The largest absolute Gasteiger partial charge is 0.482 e. The lowest BCUT2D eigenvalue weighted by Gasteiger charge is -2.29. The van der Waals surface area contributed by atoms with Crippen LogP contribution in [-0.4, -0.2) is 49.5 Å². The Balaban J connectivity index is 1.49. The average molecular weight is 396 g/mol. The minimum Gasteiger partial charge on any atom is -0.482 e. The molecule has 1 aliphatic rings. The van der Waals surface area contributed by atoms with Gasteiger partial charge in [0.2, 0.25) is 0 Å². The Morgan fingerprint density at radius 2 is 1.83 bits per heavy atom. The minimum absolute atomic E-state index is 0.00862. The zero-order valence-electron chi connectivity index (χ0n) is 16.5. The molecule has 0 fully saturated rings. The van der Waals surface area contributed by atoms with Crippen LogP contribution in [0.1, 0.15) is 24.9 Å². The fourth-order valence-electron chi connectivity index (χ4n) is 3.09. The summed E-state index contributed by atoms with van der Waals surface area (Å²) in [4.78, 5) is 39.6. The predicted molar refractivity (Wildman–Crippen MR) is 107 cm³/mol. The number of likely N-dealkylation sites (N-methyl/N-ethyl adjacent to an activating group) is 1. The number of rotatable bonds is 7. The maximum absolute atomic E-state index is 12.4. The summed E-state index contributed by atoms with van der Waals surface area (Å²) >= 11 is 0. The Labute approximate surface area is 169 Å². The molecule has 0 aromatic heterocycles. The fraction of sp³-hybridized carbons (Fsp3) is 0.318. The van der Waals surface area contributed by atoms with Crippen molar-refractivity contribution < 1.29 is 23.9 Å². The molecule has 3 rings (SSSR count). The second-order valence-electron chi connectivity index (χ2n) is 6.80. The van der Waals surface area contributed by atoms with Gasteiger partial charge in [-0.05, 0) is 24.6 Å². The van der Waals surface area contributed by atoms with Crippen LogP contribution in [0.2, 0.25) is 0 Å². The number of hydrogen-bond acceptors (Lipinski definition) is 5. The number of carbonyl (C=O) groups excluding carboxylic acids is 3. The minimum atomic E-state index is -0.532. The van der Waals surface area contributed by atoms with Gasteiger partial charge in [0.15, 0.2) is 13.2 Å². The summed E-state index contributed by atoms with van der Waals surface area (Å²) in [5.74, 6) is -0.436. The van der Waals surface area contributed by atoms with Crippen molar-refractivity contribution in [1.82, 2.24) is 4.90 Å². The molecule has 7 heteroatoms. The normalized spacial score (nSPS) is 13.9. The van der Waals surface area contributed by atoms with E-state index in [4.69, 9.17) is 9.47 Å². The molecule has 1 atom stereocenters. The summed E-state index contributed by atoms with van der Waals surface area (Å²) in [5.41, 5.74) is 1.63. The number of ether oxygens (including phenoxy) is 2. The molecule has 152 valence electrons. The van der Waals surface area contributed by atoms with Gasteiger partial charge in [0, 0.05) is 13.6 Å². The molecule has 0 saturated heterocycles. The molecule has 7 nitrogen and oxygen atoms in total. The maximum atomic E-state index is 12.4. The first kappa shape index (κ1) is 20.4. The van der Waals surface area contributed by atoms with Crippen LogP contribution in [0.15, 0.2) is 54.6 Å². The molecule has 2 aromatic carbocycles. The first-order chi connectivity index (χ1) is 14.0. The van der Waals surface area contributed by atoms with Gasteiger partial charge in [0.25, 0.3) is 11.8 Å². The summed E-state index contributed by atoms with van der Waals surface area (Å²) in [6.07, 6.45) is -0.00862. The zero-order chi connectivity index (χ0) is 20.8. The highest BCUT2D eigenvalue weighted by Gasteiger charge is 2.26. The summed E-state index contributed by atoms with van der Waals surface area (Å²) in [6.45, 7) is 1.69. The molecule has 2 amide bonds. The van der Waals surface area contributed by atoms with E-state index >= 15 is 0 Å². The molecular formula is C22H24N2O5. The van der Waals surface area contributed by atoms with Crippen LogP contribution in [0.3, 0.4) is 0 Å². The van der Waals surface area contributed by atoms with Crippen LogP contribution in [0.25, 0.3) is 0 Å². The van der Waals surface area contributed by atoms with Crippen molar-refractivity contribution in [2.75, 3.05) is 31.7 Å². The standard InChI is InChI=1S/C22H24N2O5/c1-16(17-8-4-3-5-9-17)23(2)20(25)14-29-22(27)12-13-24-18-10-6-7-11-19(18)28-15-21(24)26/h3-11,16H,12-15H2,1-2H3/t16-/m0/s1. The number of hydrogen-bond donors (Lipinski definition) is 0. The lowest BCUT2D eigenvalue weighted by Crippen LogP contribution is -2.40. The Kier molecular flexibility index (Phi) is 6.49. The van der Waals surface area contributed by atoms with E-state index in [1.165, 1.54) is 4.90 Å². The van der Waals surface area contributed by atoms with Crippen LogP contribution in [0.5, 0.6) is 5.75 Å². The molecule has 0 spiro atoms.